The molecule has 0 bridgehead atoms. The van der Waals surface area contributed by atoms with Crippen molar-refractivity contribution in [2.75, 3.05) is 0 Å². The van der Waals surface area contributed by atoms with Crippen LogP contribution in [0, 0.1) is 6.92 Å². The molecule has 0 radical (unpaired) electrons. The lowest BCUT2D eigenvalue weighted by Crippen LogP contribution is -2.47. The first kappa shape index (κ1) is 30.2. The summed E-state index contributed by atoms with van der Waals surface area (Å²) in [7, 11) is 0. The van der Waals surface area contributed by atoms with Gasteiger partial charge in [0.15, 0.2) is 12.0 Å². The van der Waals surface area contributed by atoms with Gasteiger partial charge in [0.1, 0.15) is 11.5 Å². The summed E-state index contributed by atoms with van der Waals surface area (Å²) in [6, 6.07) is 0. The molecule has 2 aromatic heterocycles. The van der Waals surface area contributed by atoms with Gasteiger partial charge in [0, 0.05) is 36.4 Å². The van der Waals surface area contributed by atoms with Gasteiger partial charge in [0.05, 0.1) is 16.9 Å². The number of carbonyl (C=O) groups is 1. The second-order valence-electron chi connectivity index (χ2n) is 10.0. The Morgan fingerprint density at radius 3 is 2.61 bits per heavy atom. The number of aliphatic imine (C=N–C) groups is 1. The van der Waals surface area contributed by atoms with E-state index in [4.69, 9.17) is 21.9 Å². The van der Waals surface area contributed by atoms with Crippen molar-refractivity contribution in [3.8, 4) is 0 Å². The van der Waals surface area contributed by atoms with Crippen LogP contribution in [0.15, 0.2) is 32.5 Å². The van der Waals surface area contributed by atoms with Crippen LogP contribution in [0.5, 0.6) is 0 Å². The fourth-order valence-corrected chi connectivity index (χ4v) is 4.92. The zero-order valence-electron chi connectivity index (χ0n) is 22.4. The van der Waals surface area contributed by atoms with Gasteiger partial charge in [-0.1, -0.05) is 29.4 Å². The SMILES string of the molecule is C=Cc1c(C2/N=C(/N)CCC3=C(NC(=O)CC3(C)c3nc(C)no3)N2)nn(CCC(F)(F)C(F)(F)F)c1/C=C(\C)Cl. The Bertz CT molecular complexity index is 1450. The van der Waals surface area contributed by atoms with E-state index in [0.717, 1.165) is 4.68 Å². The first-order valence-electron chi connectivity index (χ1n) is 12.5. The number of allylic oxidation sites excluding steroid dienone is 2. The summed E-state index contributed by atoms with van der Waals surface area (Å²) in [5.41, 5.74) is 6.47. The first-order chi connectivity index (χ1) is 19.1. The van der Waals surface area contributed by atoms with Gasteiger partial charge < -0.3 is 20.9 Å². The number of alkyl halides is 5. The molecule has 222 valence electrons. The number of nitrogens with zero attached hydrogens (tertiary/aromatic N) is 5. The Labute approximate surface area is 236 Å². The number of hydrogen-bond donors (Lipinski definition) is 3. The quantitative estimate of drug-likeness (QED) is 0.386. The lowest BCUT2D eigenvalue weighted by Gasteiger charge is -2.37. The van der Waals surface area contributed by atoms with Crippen LogP contribution in [0.4, 0.5) is 22.0 Å². The number of aromatic nitrogens is 4. The third kappa shape index (κ3) is 5.99. The molecule has 1 amide bonds. The van der Waals surface area contributed by atoms with Gasteiger partial charge in [-0.3, -0.25) is 9.48 Å². The summed E-state index contributed by atoms with van der Waals surface area (Å²) in [5, 5.41) is 14.3. The predicted molar refractivity (Wildman–Crippen MR) is 140 cm³/mol. The van der Waals surface area contributed by atoms with Gasteiger partial charge in [-0.05, 0) is 38.8 Å². The van der Waals surface area contributed by atoms with Crippen molar-refractivity contribution >= 4 is 35.5 Å². The molecule has 2 aliphatic heterocycles. The molecule has 10 nitrogen and oxygen atoms in total. The summed E-state index contributed by atoms with van der Waals surface area (Å²) in [4.78, 5) is 21.6. The standard InChI is InChI=1S/C25H28ClF5N8O2/c1-5-14-16(10-12(2)26)39(9-8-24(27,28)25(29,30)31)37-19(14)21-34-17(32)7-6-15-20(36-21)35-18(40)11-23(15,4)22-33-13(3)38-41-22/h5,10,21,36H,1,6-9,11H2,2-4H3,(H2,32,34)(H,35,40)/b12-10+. The van der Waals surface area contributed by atoms with Crippen LogP contribution in [0.25, 0.3) is 12.2 Å². The third-order valence-corrected chi connectivity index (χ3v) is 6.97. The van der Waals surface area contributed by atoms with Crippen LogP contribution in [0.1, 0.15) is 74.4 Å². The van der Waals surface area contributed by atoms with E-state index in [2.05, 4.69) is 37.4 Å². The summed E-state index contributed by atoms with van der Waals surface area (Å²) >= 11 is 6.06. The molecule has 0 aromatic carbocycles. The van der Waals surface area contributed by atoms with Crippen molar-refractivity contribution in [3.63, 3.8) is 0 Å². The summed E-state index contributed by atoms with van der Waals surface area (Å²) in [6.45, 7) is 7.92. The van der Waals surface area contributed by atoms with E-state index in [9.17, 15) is 26.7 Å². The number of aryl methyl sites for hydroxylation is 2. The minimum absolute atomic E-state index is 0.0146. The van der Waals surface area contributed by atoms with E-state index in [0.29, 0.717) is 23.6 Å². The zero-order chi connectivity index (χ0) is 30.3. The molecule has 2 aliphatic rings. The van der Waals surface area contributed by atoms with E-state index in [-0.39, 0.29) is 52.5 Å². The van der Waals surface area contributed by atoms with Crippen LogP contribution < -0.4 is 16.4 Å². The largest absolute Gasteiger partial charge is 0.453 e. The first-order valence-corrected chi connectivity index (χ1v) is 12.9. The van der Waals surface area contributed by atoms with Crippen molar-refractivity contribution in [1.82, 2.24) is 30.6 Å². The maximum Gasteiger partial charge on any atom is 0.453 e. The number of amides is 1. The third-order valence-electron chi connectivity index (χ3n) is 6.86. The smallest absolute Gasteiger partial charge is 0.387 e. The molecule has 4 rings (SSSR count). The molecule has 0 saturated carbocycles. The molecular formula is C25H28ClF5N8O2. The number of carbonyl (C=O) groups excluding carboxylic acids is 1. The molecule has 16 heteroatoms. The number of halogens is 6. The molecular weight excluding hydrogens is 575 g/mol. The van der Waals surface area contributed by atoms with E-state index in [1.807, 2.05) is 0 Å². The van der Waals surface area contributed by atoms with Gasteiger partial charge in [0.2, 0.25) is 11.8 Å². The van der Waals surface area contributed by atoms with Gasteiger partial charge in [-0.15, -0.1) is 0 Å². The monoisotopic (exact) mass is 602 g/mol. The normalized spacial score (nSPS) is 23.6. The molecule has 2 aromatic rings. The van der Waals surface area contributed by atoms with Crippen LogP contribution in [0.2, 0.25) is 0 Å². The Morgan fingerprint density at radius 1 is 1.32 bits per heavy atom. The summed E-state index contributed by atoms with van der Waals surface area (Å²) in [5.74, 6) is -4.18. The Hall–Kier alpha value is -3.75. The molecule has 2 atom stereocenters. The van der Waals surface area contributed by atoms with Crippen LogP contribution in [0.3, 0.4) is 0 Å². The van der Waals surface area contributed by atoms with E-state index in [1.54, 1.807) is 13.8 Å². The van der Waals surface area contributed by atoms with Crippen LogP contribution >= 0.6 is 11.6 Å². The molecule has 0 aliphatic carbocycles. The lowest BCUT2D eigenvalue weighted by atomic mass is 9.74. The second kappa shape index (κ2) is 10.9. The number of nitrogens with two attached hydrogens (primary N) is 1. The topological polar surface area (TPSA) is 136 Å². The number of rotatable bonds is 7. The molecule has 4 heterocycles. The predicted octanol–water partition coefficient (Wildman–Crippen LogP) is 4.83. The minimum Gasteiger partial charge on any atom is -0.387 e. The van der Waals surface area contributed by atoms with Crippen molar-refractivity contribution in [3.05, 3.63) is 51.7 Å². The van der Waals surface area contributed by atoms with Crippen LogP contribution in [-0.4, -0.2) is 43.8 Å². The Balaban J connectivity index is 1.81. The fourth-order valence-electron chi connectivity index (χ4n) is 4.81. The highest BCUT2D eigenvalue weighted by atomic mass is 35.5. The molecule has 0 saturated heterocycles. The average Bonchev–Trinajstić information content (AvgIpc) is 3.43. The average molecular weight is 603 g/mol. The van der Waals surface area contributed by atoms with Gasteiger partial charge in [0.25, 0.3) is 0 Å². The zero-order valence-corrected chi connectivity index (χ0v) is 23.1. The maximum atomic E-state index is 13.8. The number of amidine groups is 1. The molecule has 41 heavy (non-hydrogen) atoms. The molecule has 0 spiro atoms. The second-order valence-corrected chi connectivity index (χ2v) is 10.6. The highest BCUT2D eigenvalue weighted by Gasteiger charge is 2.57. The molecule has 4 N–H and O–H groups in total. The lowest BCUT2D eigenvalue weighted by molar-refractivity contribution is -0.285. The Morgan fingerprint density at radius 2 is 2.02 bits per heavy atom. The molecule has 0 fully saturated rings. The highest BCUT2D eigenvalue weighted by molar-refractivity contribution is 6.31. The minimum atomic E-state index is -5.73. The van der Waals surface area contributed by atoms with E-state index >= 15 is 0 Å². The van der Waals surface area contributed by atoms with Crippen molar-refractivity contribution in [2.24, 2.45) is 10.7 Å². The number of nitrogens with one attached hydrogen (secondary N) is 2. The van der Waals surface area contributed by atoms with Gasteiger partial charge >= 0.3 is 12.1 Å². The number of hydrogen-bond acceptors (Lipinski definition) is 8. The van der Waals surface area contributed by atoms with E-state index < -0.39 is 36.6 Å². The summed E-state index contributed by atoms with van der Waals surface area (Å²) < 4.78 is 72.6. The van der Waals surface area contributed by atoms with E-state index in [1.165, 1.54) is 19.1 Å². The molecule has 2 unspecified atom stereocenters. The highest BCUT2D eigenvalue weighted by Crippen LogP contribution is 2.42. The summed E-state index contributed by atoms with van der Waals surface area (Å²) in [6.07, 6.45) is -4.99. The van der Waals surface area contributed by atoms with Crippen LogP contribution in [-0.2, 0) is 16.8 Å². The van der Waals surface area contributed by atoms with Crippen molar-refractivity contribution in [1.29, 1.82) is 0 Å². The van der Waals surface area contributed by atoms with Crippen molar-refractivity contribution < 1.29 is 31.3 Å². The Kier molecular flexibility index (Phi) is 8.04. The van der Waals surface area contributed by atoms with Crippen molar-refractivity contribution in [2.45, 2.75) is 76.7 Å². The van der Waals surface area contributed by atoms with Gasteiger partial charge in [-0.25, -0.2) is 4.99 Å². The van der Waals surface area contributed by atoms with Gasteiger partial charge in [-0.2, -0.15) is 32.0 Å². The maximum absolute atomic E-state index is 13.8. The fraction of sp³-hybridized carbons (Fsp3) is 0.480.